The van der Waals surface area contributed by atoms with Crippen LogP contribution in [0.25, 0.3) is 0 Å². The molecule has 0 amide bonds. The summed E-state index contributed by atoms with van der Waals surface area (Å²) in [4.78, 5) is 8.51. The standard InChI is InChI=1S/C21H25N5O2S/c1-16-8-9-18(22-10-16)11-23-20-13-26(12-19(20)17-6-4-3-5-7-17)29(27,28)21-14-25(2)15-24-21/h3-10,14-15,19-20,23H,11-13H2,1-2H3/t19-,20+/m1/s1. The average Bonchev–Trinajstić information content (AvgIpc) is 3.35. The highest BCUT2D eigenvalue weighted by molar-refractivity contribution is 7.89. The number of imidazole rings is 1. The van der Waals surface area contributed by atoms with Gasteiger partial charge in [-0.3, -0.25) is 4.98 Å². The summed E-state index contributed by atoms with van der Waals surface area (Å²) >= 11 is 0. The zero-order chi connectivity index (χ0) is 20.4. The van der Waals surface area contributed by atoms with Gasteiger partial charge in [0, 0.05) is 51.0 Å². The third-order valence-electron chi connectivity index (χ3n) is 5.32. The summed E-state index contributed by atoms with van der Waals surface area (Å²) < 4.78 is 29.4. The Bertz CT molecular complexity index is 1060. The van der Waals surface area contributed by atoms with E-state index in [4.69, 9.17) is 0 Å². The van der Waals surface area contributed by atoms with Gasteiger partial charge in [0.25, 0.3) is 10.0 Å². The minimum Gasteiger partial charge on any atom is -0.339 e. The zero-order valence-electron chi connectivity index (χ0n) is 16.6. The van der Waals surface area contributed by atoms with Crippen LogP contribution in [0.3, 0.4) is 0 Å². The molecule has 0 bridgehead atoms. The van der Waals surface area contributed by atoms with E-state index in [1.165, 1.54) is 10.6 Å². The van der Waals surface area contributed by atoms with Crippen LogP contribution in [-0.4, -0.2) is 46.4 Å². The van der Waals surface area contributed by atoms with E-state index >= 15 is 0 Å². The van der Waals surface area contributed by atoms with Gasteiger partial charge in [0.05, 0.1) is 12.0 Å². The fraction of sp³-hybridized carbons (Fsp3) is 0.333. The number of benzene rings is 1. The van der Waals surface area contributed by atoms with Crippen LogP contribution in [0.2, 0.25) is 0 Å². The summed E-state index contributed by atoms with van der Waals surface area (Å²) in [6, 6.07) is 14.1. The summed E-state index contributed by atoms with van der Waals surface area (Å²) in [7, 11) is -1.87. The number of pyridine rings is 1. The highest BCUT2D eigenvalue weighted by Crippen LogP contribution is 2.31. The van der Waals surface area contributed by atoms with Gasteiger partial charge in [0.2, 0.25) is 0 Å². The maximum absolute atomic E-state index is 13.1. The quantitative estimate of drug-likeness (QED) is 0.672. The molecule has 2 atom stereocenters. The Kier molecular flexibility index (Phi) is 5.49. The monoisotopic (exact) mass is 411 g/mol. The third-order valence-corrected chi connectivity index (χ3v) is 7.03. The van der Waals surface area contributed by atoms with Crippen molar-refractivity contribution in [3.63, 3.8) is 0 Å². The summed E-state index contributed by atoms with van der Waals surface area (Å²) in [5.74, 6) is 0.0557. The van der Waals surface area contributed by atoms with Gasteiger partial charge in [0.15, 0.2) is 5.03 Å². The average molecular weight is 412 g/mol. The van der Waals surface area contributed by atoms with Gasteiger partial charge in [-0.1, -0.05) is 36.4 Å². The molecule has 1 N–H and O–H groups in total. The Morgan fingerprint density at radius 3 is 2.55 bits per heavy atom. The number of rotatable bonds is 6. The SMILES string of the molecule is Cc1ccc(CN[C@H]2CN(S(=O)(=O)c3cn(C)cn3)C[C@@H]2c2ccccc2)nc1. The normalized spacial score (nSPS) is 20.2. The Labute approximate surface area is 171 Å². The highest BCUT2D eigenvalue weighted by Gasteiger charge is 2.40. The number of hydrogen-bond donors (Lipinski definition) is 1. The van der Waals surface area contributed by atoms with E-state index in [-0.39, 0.29) is 17.0 Å². The molecule has 8 heteroatoms. The zero-order valence-corrected chi connectivity index (χ0v) is 17.4. The maximum atomic E-state index is 13.1. The Balaban J connectivity index is 1.57. The van der Waals surface area contributed by atoms with E-state index in [1.807, 2.05) is 43.5 Å². The molecule has 3 heterocycles. The largest absolute Gasteiger partial charge is 0.339 e. The second-order valence-corrected chi connectivity index (χ2v) is 9.42. The predicted molar refractivity (Wildman–Crippen MR) is 111 cm³/mol. The summed E-state index contributed by atoms with van der Waals surface area (Å²) in [6.45, 7) is 3.41. The molecule has 1 saturated heterocycles. The van der Waals surface area contributed by atoms with Crippen molar-refractivity contribution in [2.75, 3.05) is 13.1 Å². The molecule has 2 aromatic heterocycles. The molecule has 152 valence electrons. The number of aromatic nitrogens is 3. The third kappa shape index (κ3) is 4.24. The molecule has 1 aliphatic heterocycles. The molecular weight excluding hydrogens is 386 g/mol. The lowest BCUT2D eigenvalue weighted by atomic mass is 9.94. The molecule has 0 saturated carbocycles. The summed E-state index contributed by atoms with van der Waals surface area (Å²) in [5, 5.41) is 3.62. The van der Waals surface area contributed by atoms with Crippen LogP contribution < -0.4 is 5.32 Å². The van der Waals surface area contributed by atoms with Crippen LogP contribution in [0.4, 0.5) is 0 Å². The van der Waals surface area contributed by atoms with Gasteiger partial charge >= 0.3 is 0 Å². The molecule has 0 unspecified atom stereocenters. The van der Waals surface area contributed by atoms with Gasteiger partial charge in [-0.05, 0) is 24.1 Å². The highest BCUT2D eigenvalue weighted by atomic mass is 32.2. The maximum Gasteiger partial charge on any atom is 0.262 e. The lowest BCUT2D eigenvalue weighted by molar-refractivity contribution is 0.453. The molecule has 0 aliphatic carbocycles. The topological polar surface area (TPSA) is 80.1 Å². The Morgan fingerprint density at radius 1 is 1.10 bits per heavy atom. The van der Waals surface area contributed by atoms with Gasteiger partial charge in [-0.2, -0.15) is 4.31 Å². The molecular formula is C21H25N5O2S. The van der Waals surface area contributed by atoms with Gasteiger partial charge in [-0.15, -0.1) is 0 Å². The van der Waals surface area contributed by atoms with Crippen molar-refractivity contribution < 1.29 is 8.42 Å². The van der Waals surface area contributed by atoms with Crippen LogP contribution in [0.15, 0.2) is 66.2 Å². The molecule has 4 rings (SSSR count). The minimum atomic E-state index is -3.63. The summed E-state index contributed by atoms with van der Waals surface area (Å²) in [6.07, 6.45) is 4.90. The molecule has 1 aliphatic rings. The Hall–Kier alpha value is -2.55. The lowest BCUT2D eigenvalue weighted by Gasteiger charge is -2.20. The fourth-order valence-electron chi connectivity index (χ4n) is 3.70. The van der Waals surface area contributed by atoms with E-state index in [2.05, 4.69) is 27.4 Å². The molecule has 0 spiro atoms. The number of nitrogens with zero attached hydrogens (tertiary/aromatic N) is 4. The second-order valence-electron chi connectivity index (χ2n) is 7.53. The molecule has 0 radical (unpaired) electrons. The van der Waals surface area contributed by atoms with Crippen LogP contribution in [0.5, 0.6) is 0 Å². The predicted octanol–water partition coefficient (Wildman–Crippen LogP) is 2.07. The molecule has 3 aromatic rings. The molecule has 1 aromatic carbocycles. The number of nitrogens with one attached hydrogen (secondary N) is 1. The lowest BCUT2D eigenvalue weighted by Crippen LogP contribution is -2.36. The van der Waals surface area contributed by atoms with Crippen molar-refractivity contribution in [2.45, 2.75) is 30.5 Å². The molecule has 7 nitrogen and oxygen atoms in total. The van der Waals surface area contributed by atoms with E-state index < -0.39 is 10.0 Å². The van der Waals surface area contributed by atoms with Crippen LogP contribution in [0, 0.1) is 6.92 Å². The van der Waals surface area contributed by atoms with Crippen molar-refractivity contribution in [2.24, 2.45) is 7.05 Å². The van der Waals surface area contributed by atoms with Gasteiger partial charge in [-0.25, -0.2) is 13.4 Å². The number of sulfonamides is 1. The first kappa shape index (κ1) is 19.8. The minimum absolute atomic E-state index is 0.0148. The second kappa shape index (κ2) is 8.06. The van der Waals surface area contributed by atoms with Crippen molar-refractivity contribution >= 4 is 10.0 Å². The van der Waals surface area contributed by atoms with Crippen LogP contribution in [0.1, 0.15) is 22.7 Å². The number of aryl methyl sites for hydroxylation is 2. The first-order chi connectivity index (χ1) is 13.9. The smallest absolute Gasteiger partial charge is 0.262 e. The van der Waals surface area contributed by atoms with Gasteiger partial charge < -0.3 is 9.88 Å². The number of hydrogen-bond acceptors (Lipinski definition) is 5. The Morgan fingerprint density at radius 2 is 1.90 bits per heavy atom. The van der Waals surface area contributed by atoms with E-state index in [0.29, 0.717) is 19.6 Å². The fourth-order valence-corrected chi connectivity index (χ4v) is 5.16. The van der Waals surface area contributed by atoms with Crippen molar-refractivity contribution in [1.82, 2.24) is 24.2 Å². The van der Waals surface area contributed by atoms with Crippen molar-refractivity contribution in [1.29, 1.82) is 0 Å². The van der Waals surface area contributed by atoms with Crippen LogP contribution in [-0.2, 0) is 23.6 Å². The van der Waals surface area contributed by atoms with Gasteiger partial charge in [0.1, 0.15) is 0 Å². The van der Waals surface area contributed by atoms with Crippen LogP contribution >= 0.6 is 0 Å². The van der Waals surface area contributed by atoms with E-state index in [1.54, 1.807) is 17.8 Å². The molecule has 29 heavy (non-hydrogen) atoms. The van der Waals surface area contributed by atoms with E-state index in [0.717, 1.165) is 16.8 Å². The van der Waals surface area contributed by atoms with Crippen molar-refractivity contribution in [3.05, 3.63) is 78.0 Å². The van der Waals surface area contributed by atoms with Crippen molar-refractivity contribution in [3.8, 4) is 0 Å². The first-order valence-electron chi connectivity index (χ1n) is 9.61. The first-order valence-corrected chi connectivity index (χ1v) is 11.1. The van der Waals surface area contributed by atoms with E-state index in [9.17, 15) is 8.42 Å². The molecule has 1 fully saturated rings. The summed E-state index contributed by atoms with van der Waals surface area (Å²) in [5.41, 5.74) is 3.18.